The molecule has 0 saturated carbocycles. The van der Waals surface area contributed by atoms with E-state index in [9.17, 15) is 14.4 Å². The number of ether oxygens (including phenoxy) is 1. The minimum atomic E-state index is -0.618. The molecule has 3 aromatic rings. The summed E-state index contributed by atoms with van der Waals surface area (Å²) in [5.74, 6) is -1.85. The first-order valence-electron chi connectivity index (χ1n) is 10.6. The number of esters is 1. The molecule has 2 aromatic carbocycles. The molecule has 0 spiro atoms. The summed E-state index contributed by atoms with van der Waals surface area (Å²) in [5, 5.41) is 5.60. The summed E-state index contributed by atoms with van der Waals surface area (Å²) in [6.45, 7) is 1.82. The summed E-state index contributed by atoms with van der Waals surface area (Å²) in [4.78, 5) is 43.0. The Morgan fingerprint density at radius 3 is 2.65 bits per heavy atom. The molecule has 4 rings (SSSR count). The number of amides is 2. The highest BCUT2D eigenvalue weighted by Gasteiger charge is 2.36. The molecule has 1 atom stereocenters. The summed E-state index contributed by atoms with van der Waals surface area (Å²) in [7, 11) is 0. The number of hydrogen-bond acceptors (Lipinski definition) is 6. The predicted octanol–water partition coefficient (Wildman–Crippen LogP) is 5.21. The van der Waals surface area contributed by atoms with Gasteiger partial charge in [0.25, 0.3) is 5.91 Å². The largest absolute Gasteiger partial charge is 0.455 e. The summed E-state index contributed by atoms with van der Waals surface area (Å²) in [6.07, 6.45) is 0.957. The molecule has 1 fully saturated rings. The first-order chi connectivity index (χ1) is 16.3. The molecule has 0 radical (unpaired) electrons. The second-order valence-corrected chi connectivity index (χ2v) is 9.42. The average Bonchev–Trinajstić information content (AvgIpc) is 3.46. The number of nitrogens with zero attached hydrogens (tertiary/aromatic N) is 2. The third kappa shape index (κ3) is 5.58. The predicted molar refractivity (Wildman–Crippen MR) is 133 cm³/mol. The lowest BCUT2D eigenvalue weighted by Crippen LogP contribution is -2.28. The van der Waals surface area contributed by atoms with Gasteiger partial charge in [0, 0.05) is 29.6 Å². The fourth-order valence-electron chi connectivity index (χ4n) is 3.56. The standard InChI is InChI=1S/C24H21Cl2N3O4S/c1-2-14-3-6-17(7-4-14)29-11-16(10-22(29)31)23(32)33-12-21(30)28-24-27-20(13-34-24)15-5-8-18(25)19(26)9-15/h3-9,13,16H,2,10-12H2,1H3,(H,27,28,30)/t16-/m0/s1. The van der Waals surface area contributed by atoms with Crippen molar-refractivity contribution in [2.75, 3.05) is 23.4 Å². The number of hydrogen-bond donors (Lipinski definition) is 1. The van der Waals surface area contributed by atoms with E-state index < -0.39 is 24.4 Å². The molecule has 0 unspecified atom stereocenters. The first kappa shape index (κ1) is 24.2. The van der Waals surface area contributed by atoms with Crippen molar-refractivity contribution in [3.05, 3.63) is 63.5 Å². The number of aryl methyl sites for hydroxylation is 1. The van der Waals surface area contributed by atoms with Crippen LogP contribution in [-0.4, -0.2) is 35.9 Å². The Hall–Kier alpha value is -2.94. The van der Waals surface area contributed by atoms with Gasteiger partial charge in [-0.15, -0.1) is 11.3 Å². The zero-order valence-electron chi connectivity index (χ0n) is 18.2. The fourth-order valence-corrected chi connectivity index (χ4v) is 4.59. The number of carbonyl (C=O) groups excluding carboxylic acids is 3. The van der Waals surface area contributed by atoms with Crippen molar-refractivity contribution < 1.29 is 19.1 Å². The van der Waals surface area contributed by atoms with Crippen LogP contribution in [0.4, 0.5) is 10.8 Å². The second-order valence-electron chi connectivity index (χ2n) is 7.75. The highest BCUT2D eigenvalue weighted by Crippen LogP contribution is 2.30. The van der Waals surface area contributed by atoms with Crippen LogP contribution < -0.4 is 10.2 Å². The monoisotopic (exact) mass is 517 g/mol. The normalized spacial score (nSPS) is 15.4. The molecule has 1 aliphatic rings. The zero-order valence-corrected chi connectivity index (χ0v) is 20.5. The molecule has 1 N–H and O–H groups in total. The number of rotatable bonds is 7. The zero-order chi connectivity index (χ0) is 24.2. The van der Waals surface area contributed by atoms with Gasteiger partial charge in [0.1, 0.15) is 0 Å². The van der Waals surface area contributed by atoms with E-state index in [1.165, 1.54) is 16.9 Å². The van der Waals surface area contributed by atoms with Crippen LogP contribution in [0.2, 0.25) is 10.0 Å². The molecule has 1 aromatic heterocycles. The van der Waals surface area contributed by atoms with Gasteiger partial charge in [-0.05, 0) is 36.2 Å². The van der Waals surface area contributed by atoms with Gasteiger partial charge in [0.15, 0.2) is 11.7 Å². The van der Waals surface area contributed by atoms with Gasteiger partial charge >= 0.3 is 5.97 Å². The maximum absolute atomic E-state index is 12.5. The van der Waals surface area contributed by atoms with Crippen molar-refractivity contribution >= 4 is 63.1 Å². The van der Waals surface area contributed by atoms with Gasteiger partial charge in [-0.25, -0.2) is 4.98 Å². The Balaban J connectivity index is 1.28. The van der Waals surface area contributed by atoms with E-state index in [0.29, 0.717) is 20.9 Å². The number of carbonyl (C=O) groups is 3. The van der Waals surface area contributed by atoms with Crippen LogP contribution in [0.5, 0.6) is 0 Å². The molecule has 2 heterocycles. The van der Waals surface area contributed by atoms with E-state index in [2.05, 4.69) is 17.2 Å². The SMILES string of the molecule is CCc1ccc(N2C[C@@H](C(=O)OCC(=O)Nc3nc(-c4ccc(Cl)c(Cl)c4)cs3)CC2=O)cc1. The van der Waals surface area contributed by atoms with Crippen LogP contribution in [0.1, 0.15) is 18.9 Å². The molecule has 1 aliphatic heterocycles. The minimum absolute atomic E-state index is 0.0511. The van der Waals surface area contributed by atoms with Crippen molar-refractivity contribution in [1.29, 1.82) is 0 Å². The Bertz CT molecular complexity index is 1230. The van der Waals surface area contributed by atoms with E-state index in [4.69, 9.17) is 27.9 Å². The number of anilines is 2. The quantitative estimate of drug-likeness (QED) is 0.434. The number of aromatic nitrogens is 1. The van der Waals surface area contributed by atoms with Crippen molar-refractivity contribution in [2.45, 2.75) is 19.8 Å². The third-order valence-corrected chi connectivity index (χ3v) is 6.92. The molecule has 34 heavy (non-hydrogen) atoms. The van der Waals surface area contributed by atoms with E-state index in [1.807, 2.05) is 24.3 Å². The van der Waals surface area contributed by atoms with Crippen molar-refractivity contribution in [2.24, 2.45) is 5.92 Å². The summed E-state index contributed by atoms with van der Waals surface area (Å²) in [5.41, 5.74) is 3.31. The number of halogens is 2. The molecule has 176 valence electrons. The van der Waals surface area contributed by atoms with Gasteiger partial charge in [-0.1, -0.05) is 48.3 Å². The summed E-state index contributed by atoms with van der Waals surface area (Å²) < 4.78 is 5.16. The molecular formula is C24H21Cl2N3O4S. The van der Waals surface area contributed by atoms with E-state index in [1.54, 1.807) is 28.5 Å². The van der Waals surface area contributed by atoms with E-state index in [0.717, 1.165) is 17.7 Å². The fraction of sp³-hybridized carbons (Fsp3) is 0.250. The molecule has 10 heteroatoms. The van der Waals surface area contributed by atoms with Gasteiger partial charge < -0.3 is 9.64 Å². The highest BCUT2D eigenvalue weighted by atomic mass is 35.5. The maximum atomic E-state index is 12.5. The highest BCUT2D eigenvalue weighted by molar-refractivity contribution is 7.14. The van der Waals surface area contributed by atoms with E-state index >= 15 is 0 Å². The Labute approximate surface area is 210 Å². The van der Waals surface area contributed by atoms with Crippen LogP contribution >= 0.6 is 34.5 Å². The van der Waals surface area contributed by atoms with Crippen molar-refractivity contribution in [3.8, 4) is 11.3 Å². The molecular weight excluding hydrogens is 497 g/mol. The first-order valence-corrected chi connectivity index (χ1v) is 12.2. The van der Waals surface area contributed by atoms with Gasteiger partial charge in [-0.3, -0.25) is 19.7 Å². The lowest BCUT2D eigenvalue weighted by Gasteiger charge is -2.17. The summed E-state index contributed by atoms with van der Waals surface area (Å²) in [6, 6.07) is 12.8. The number of thiazole rings is 1. The van der Waals surface area contributed by atoms with Gasteiger partial charge in [0.05, 0.1) is 21.7 Å². The number of nitrogens with one attached hydrogen (secondary N) is 1. The Morgan fingerprint density at radius 2 is 1.94 bits per heavy atom. The maximum Gasteiger partial charge on any atom is 0.311 e. The minimum Gasteiger partial charge on any atom is -0.455 e. The summed E-state index contributed by atoms with van der Waals surface area (Å²) >= 11 is 13.2. The van der Waals surface area contributed by atoms with Crippen LogP contribution in [0, 0.1) is 5.92 Å². The van der Waals surface area contributed by atoms with Gasteiger partial charge in [-0.2, -0.15) is 0 Å². The second kappa shape index (κ2) is 10.5. The van der Waals surface area contributed by atoms with Crippen molar-refractivity contribution in [3.63, 3.8) is 0 Å². The topological polar surface area (TPSA) is 88.6 Å². The molecule has 0 bridgehead atoms. The molecule has 1 saturated heterocycles. The van der Waals surface area contributed by atoms with Crippen molar-refractivity contribution in [1.82, 2.24) is 4.98 Å². The molecule has 0 aliphatic carbocycles. The van der Waals surface area contributed by atoms with E-state index in [-0.39, 0.29) is 18.9 Å². The Kier molecular flexibility index (Phi) is 7.50. The third-order valence-electron chi connectivity index (χ3n) is 5.43. The smallest absolute Gasteiger partial charge is 0.311 e. The molecule has 2 amide bonds. The average molecular weight is 518 g/mol. The molecule has 7 nitrogen and oxygen atoms in total. The Morgan fingerprint density at radius 1 is 1.18 bits per heavy atom. The van der Waals surface area contributed by atoms with Crippen LogP contribution in [-0.2, 0) is 25.5 Å². The number of benzene rings is 2. The lowest BCUT2D eigenvalue weighted by atomic mass is 10.1. The van der Waals surface area contributed by atoms with Crippen LogP contribution in [0.3, 0.4) is 0 Å². The van der Waals surface area contributed by atoms with Crippen LogP contribution in [0.25, 0.3) is 11.3 Å². The lowest BCUT2D eigenvalue weighted by molar-refractivity contribution is -0.151. The van der Waals surface area contributed by atoms with Crippen LogP contribution in [0.15, 0.2) is 47.8 Å². The van der Waals surface area contributed by atoms with Gasteiger partial charge in [0.2, 0.25) is 5.91 Å².